The molecule has 7 aromatic carbocycles. The van der Waals surface area contributed by atoms with E-state index in [-0.39, 0.29) is 16.2 Å². The summed E-state index contributed by atoms with van der Waals surface area (Å²) in [7, 11) is 0. The SMILES string of the molecule is CC(C)(C)c1ccc(-c2nnc(-c3ccc(N(c4ccccc4)c4ccc5c(c4)C4(c6ccccc6-5)c5cc(C(C)(C)C)ccc5-c5ccc(C(C)(C)C)cc54)cc3)o2)cc1. The maximum atomic E-state index is 6.27. The molecule has 0 bridgehead atoms. The van der Waals surface area contributed by atoms with Gasteiger partial charge in [0.1, 0.15) is 0 Å². The fraction of sp³-hybridized carbons (Fsp3) is 0.228. The molecule has 1 aromatic heterocycles. The van der Waals surface area contributed by atoms with E-state index in [9.17, 15) is 0 Å². The normalized spacial score (nSPS) is 13.8. The predicted octanol–water partition coefficient (Wildman–Crippen LogP) is 15.1. The molecule has 0 amide bonds. The largest absolute Gasteiger partial charge is 0.416 e. The summed E-state index contributed by atoms with van der Waals surface area (Å²) in [5, 5.41) is 8.91. The van der Waals surface area contributed by atoms with E-state index in [2.05, 4.69) is 235 Å². The first-order valence-corrected chi connectivity index (χ1v) is 21.6. The van der Waals surface area contributed by atoms with Gasteiger partial charge in [-0.05, 0) is 138 Å². The molecule has 2 aliphatic rings. The highest BCUT2D eigenvalue weighted by Gasteiger charge is 2.52. The Kier molecular flexibility index (Phi) is 8.72. The molecule has 1 heterocycles. The van der Waals surface area contributed by atoms with Crippen LogP contribution in [-0.2, 0) is 21.7 Å². The van der Waals surface area contributed by atoms with E-state index in [0.29, 0.717) is 11.8 Å². The second kappa shape index (κ2) is 13.8. The second-order valence-electron chi connectivity index (χ2n) is 20.0. The second-order valence-corrected chi connectivity index (χ2v) is 20.0. The summed E-state index contributed by atoms with van der Waals surface area (Å²) in [5.74, 6) is 1.01. The van der Waals surface area contributed by atoms with Crippen LogP contribution in [0.1, 0.15) is 101 Å². The van der Waals surface area contributed by atoms with Crippen LogP contribution in [0.3, 0.4) is 0 Å². The maximum Gasteiger partial charge on any atom is 0.248 e. The van der Waals surface area contributed by atoms with Gasteiger partial charge in [0.25, 0.3) is 0 Å². The first kappa shape index (κ1) is 38.7. The van der Waals surface area contributed by atoms with Crippen LogP contribution in [0.2, 0.25) is 0 Å². The monoisotopic (exact) mass is 795 g/mol. The number of para-hydroxylation sites is 1. The standard InChI is InChI=1S/C57H53N3O/c1-54(2,3)38-23-19-36(20-24-38)52-58-59-53(61-52)37-21-27-42(28-22-37)60(41-15-11-10-12-16-41)43-29-32-47-44-17-13-14-18-48(44)57(51(47)35-43)49-33-39(55(4,5)6)25-30-45(49)46-31-26-40(34-50(46)57)56(7,8)9/h10-35H,1-9H3. The van der Waals surface area contributed by atoms with Crippen LogP contribution in [0, 0.1) is 0 Å². The minimum Gasteiger partial charge on any atom is -0.416 e. The Morgan fingerprint density at radius 3 is 1.33 bits per heavy atom. The lowest BCUT2D eigenvalue weighted by molar-refractivity contribution is 0.582. The van der Waals surface area contributed by atoms with E-state index in [1.165, 1.54) is 61.2 Å². The highest BCUT2D eigenvalue weighted by Crippen LogP contribution is 2.64. The lowest BCUT2D eigenvalue weighted by Crippen LogP contribution is -2.27. The zero-order valence-electron chi connectivity index (χ0n) is 36.8. The molecule has 302 valence electrons. The molecule has 0 N–H and O–H groups in total. The molecule has 61 heavy (non-hydrogen) atoms. The average Bonchev–Trinajstić information content (AvgIpc) is 3.93. The number of hydrogen-bond donors (Lipinski definition) is 0. The van der Waals surface area contributed by atoms with Crippen molar-refractivity contribution in [1.82, 2.24) is 10.2 Å². The number of fused-ring (bicyclic) bond motifs is 10. The molecule has 4 heteroatoms. The Labute approximate surface area is 361 Å². The third kappa shape index (κ3) is 6.26. The molecule has 0 atom stereocenters. The molecule has 0 radical (unpaired) electrons. The van der Waals surface area contributed by atoms with Gasteiger partial charge < -0.3 is 9.32 Å². The number of nitrogens with zero attached hydrogens (tertiary/aromatic N) is 3. The van der Waals surface area contributed by atoms with E-state index >= 15 is 0 Å². The summed E-state index contributed by atoms with van der Waals surface area (Å²) in [6.07, 6.45) is 0. The van der Waals surface area contributed by atoms with Gasteiger partial charge in [0.05, 0.1) is 5.41 Å². The lowest BCUT2D eigenvalue weighted by atomic mass is 9.68. The van der Waals surface area contributed by atoms with Crippen molar-refractivity contribution in [1.29, 1.82) is 0 Å². The highest BCUT2D eigenvalue weighted by atomic mass is 16.4. The summed E-state index contributed by atoms with van der Waals surface area (Å²) >= 11 is 0. The highest BCUT2D eigenvalue weighted by molar-refractivity contribution is 5.96. The minimum absolute atomic E-state index is 0.0128. The third-order valence-electron chi connectivity index (χ3n) is 13.0. The quantitative estimate of drug-likeness (QED) is 0.174. The Morgan fingerprint density at radius 1 is 0.377 bits per heavy atom. The molecular formula is C57H53N3O. The van der Waals surface area contributed by atoms with Crippen molar-refractivity contribution in [3.63, 3.8) is 0 Å². The molecule has 8 aromatic rings. The fourth-order valence-electron chi connectivity index (χ4n) is 9.59. The van der Waals surface area contributed by atoms with Crippen LogP contribution in [-0.4, -0.2) is 10.2 Å². The van der Waals surface area contributed by atoms with Crippen molar-refractivity contribution in [3.8, 4) is 45.2 Å². The molecule has 10 rings (SSSR count). The molecule has 0 saturated carbocycles. The maximum absolute atomic E-state index is 6.27. The smallest absolute Gasteiger partial charge is 0.248 e. The van der Waals surface area contributed by atoms with E-state index in [4.69, 9.17) is 4.42 Å². The number of aromatic nitrogens is 2. The van der Waals surface area contributed by atoms with Crippen LogP contribution in [0.25, 0.3) is 45.2 Å². The zero-order chi connectivity index (χ0) is 42.5. The zero-order valence-corrected chi connectivity index (χ0v) is 36.8. The van der Waals surface area contributed by atoms with Crippen LogP contribution in [0.5, 0.6) is 0 Å². The summed E-state index contributed by atoms with van der Waals surface area (Å²) in [6, 6.07) is 58.3. The average molecular weight is 796 g/mol. The first-order valence-electron chi connectivity index (χ1n) is 21.6. The minimum atomic E-state index is -0.496. The molecule has 4 nitrogen and oxygen atoms in total. The third-order valence-corrected chi connectivity index (χ3v) is 13.0. The van der Waals surface area contributed by atoms with Gasteiger partial charge in [-0.2, -0.15) is 0 Å². The van der Waals surface area contributed by atoms with Crippen molar-refractivity contribution in [2.45, 2.75) is 84.0 Å². The summed E-state index contributed by atoms with van der Waals surface area (Å²) < 4.78 is 6.27. The van der Waals surface area contributed by atoms with Crippen LogP contribution in [0.15, 0.2) is 162 Å². The van der Waals surface area contributed by atoms with Crippen molar-refractivity contribution in [2.24, 2.45) is 0 Å². The van der Waals surface area contributed by atoms with Crippen molar-refractivity contribution in [2.75, 3.05) is 4.90 Å². The van der Waals surface area contributed by atoms with Gasteiger partial charge in [0.2, 0.25) is 11.8 Å². The van der Waals surface area contributed by atoms with Gasteiger partial charge in [0, 0.05) is 28.2 Å². The Morgan fingerprint density at radius 2 is 0.787 bits per heavy atom. The number of hydrogen-bond acceptors (Lipinski definition) is 4. The van der Waals surface area contributed by atoms with Gasteiger partial charge >= 0.3 is 0 Å². The molecular weight excluding hydrogens is 743 g/mol. The summed E-state index contributed by atoms with van der Waals surface area (Å²) in [6.45, 7) is 20.6. The van der Waals surface area contributed by atoms with Gasteiger partial charge in [-0.3, -0.25) is 0 Å². The van der Waals surface area contributed by atoms with Gasteiger partial charge in [0.15, 0.2) is 0 Å². The van der Waals surface area contributed by atoms with Gasteiger partial charge in [-0.15, -0.1) is 10.2 Å². The summed E-state index contributed by atoms with van der Waals surface area (Å²) in [4.78, 5) is 2.37. The Hall–Kier alpha value is -6.52. The molecule has 0 fully saturated rings. The van der Waals surface area contributed by atoms with E-state index in [1.807, 2.05) is 0 Å². The Bertz CT molecular complexity index is 2890. The number of anilines is 3. The van der Waals surface area contributed by atoms with Crippen molar-refractivity contribution < 1.29 is 4.42 Å². The van der Waals surface area contributed by atoms with Crippen molar-refractivity contribution >= 4 is 17.1 Å². The molecule has 0 aliphatic heterocycles. The first-order chi connectivity index (χ1) is 29.1. The van der Waals surface area contributed by atoms with Crippen LogP contribution in [0.4, 0.5) is 17.1 Å². The Balaban J connectivity index is 1.12. The number of benzene rings is 7. The van der Waals surface area contributed by atoms with Gasteiger partial charge in [-0.25, -0.2) is 0 Å². The van der Waals surface area contributed by atoms with Crippen LogP contribution < -0.4 is 4.90 Å². The molecule has 0 saturated heterocycles. The van der Waals surface area contributed by atoms with Gasteiger partial charge in [-0.1, -0.05) is 159 Å². The molecule has 2 aliphatic carbocycles. The summed E-state index contributed by atoms with van der Waals surface area (Å²) in [5.41, 5.74) is 19.1. The predicted molar refractivity (Wildman–Crippen MR) is 252 cm³/mol. The molecule has 0 unspecified atom stereocenters. The topological polar surface area (TPSA) is 42.2 Å². The van der Waals surface area contributed by atoms with Crippen molar-refractivity contribution in [3.05, 3.63) is 197 Å². The number of rotatable bonds is 5. The fourth-order valence-corrected chi connectivity index (χ4v) is 9.59. The van der Waals surface area contributed by atoms with Crippen LogP contribution >= 0.6 is 0 Å². The van der Waals surface area contributed by atoms with E-state index in [1.54, 1.807) is 0 Å². The molecule has 1 spiro atoms. The lowest BCUT2D eigenvalue weighted by Gasteiger charge is -2.34. The van der Waals surface area contributed by atoms with E-state index < -0.39 is 5.41 Å². The van der Waals surface area contributed by atoms with E-state index in [0.717, 1.165) is 28.2 Å².